The summed E-state index contributed by atoms with van der Waals surface area (Å²) < 4.78 is 11.9. The number of nitrogens with zero attached hydrogens (tertiary/aromatic N) is 3. The fourth-order valence-corrected chi connectivity index (χ4v) is 9.67. The molecule has 41 heavy (non-hydrogen) atoms. The molecule has 0 aliphatic carbocycles. The van der Waals surface area contributed by atoms with E-state index in [1.54, 1.807) is 0 Å². The summed E-state index contributed by atoms with van der Waals surface area (Å²) >= 11 is 0. The van der Waals surface area contributed by atoms with Gasteiger partial charge in [0, 0.05) is 30.6 Å². The minimum atomic E-state index is -1.99. The SMILES string of the molecule is CC[Si](CC)(CC)O[C@H](C)[C@H]1C(=O)N2C(C(=O)OC(=O)c3ccc([N+](=O)[O-])cc3)=C(CN3CCC[C@H]3CO)[C@H](C)[C@H]12. The first kappa shape index (κ1) is 31.0. The highest BCUT2D eigenvalue weighted by Crippen LogP contribution is 2.49. The zero-order valence-corrected chi connectivity index (χ0v) is 25.5. The van der Waals surface area contributed by atoms with Crippen LogP contribution >= 0.6 is 0 Å². The molecule has 1 N–H and O–H groups in total. The van der Waals surface area contributed by atoms with Crippen molar-refractivity contribution in [1.29, 1.82) is 0 Å². The molecule has 12 heteroatoms. The highest BCUT2D eigenvalue weighted by molar-refractivity contribution is 6.73. The molecule has 0 aromatic heterocycles. The van der Waals surface area contributed by atoms with Crippen molar-refractivity contribution >= 4 is 31.9 Å². The lowest BCUT2D eigenvalue weighted by Gasteiger charge is -2.49. The molecular formula is C29H41N3O8Si. The number of non-ortho nitro benzene ring substituents is 1. The summed E-state index contributed by atoms with van der Waals surface area (Å²) in [7, 11) is -1.99. The van der Waals surface area contributed by atoms with Crippen LogP contribution < -0.4 is 0 Å². The van der Waals surface area contributed by atoms with E-state index in [9.17, 15) is 29.6 Å². The molecule has 3 aliphatic heterocycles. The summed E-state index contributed by atoms with van der Waals surface area (Å²) in [6, 6.07) is 7.33. The molecule has 0 bridgehead atoms. The van der Waals surface area contributed by atoms with E-state index in [4.69, 9.17) is 9.16 Å². The molecule has 3 aliphatic rings. The topological polar surface area (TPSA) is 140 Å². The normalized spacial score (nSPS) is 25.2. The standard InChI is InChI=1S/C29H41N3O8Si/c1-6-41(7-2,8-3)40-19(5)24-25-18(4)23(16-30-15-9-10-22(30)17-33)26(31(25)27(24)34)29(36)39-28(35)20-11-13-21(14-12-20)32(37)38/h11-14,18-19,22,24-25,33H,6-10,15-17H2,1-5H3/t18-,19+,22-,24+,25+/m0/s1. The molecule has 1 aromatic carbocycles. The number of aliphatic hydroxyl groups excluding tert-OH is 1. The molecule has 2 saturated heterocycles. The Morgan fingerprint density at radius 3 is 2.34 bits per heavy atom. The maximum absolute atomic E-state index is 13.7. The first-order valence-corrected chi connectivity index (χ1v) is 17.1. The lowest BCUT2D eigenvalue weighted by molar-refractivity contribution is -0.384. The van der Waals surface area contributed by atoms with Crippen LogP contribution in [0.25, 0.3) is 0 Å². The van der Waals surface area contributed by atoms with Gasteiger partial charge in [0.2, 0.25) is 5.91 Å². The zero-order valence-electron chi connectivity index (χ0n) is 24.5. The van der Waals surface area contributed by atoms with Crippen molar-refractivity contribution < 1.29 is 33.6 Å². The number of nitro groups is 1. The van der Waals surface area contributed by atoms with Crippen LogP contribution in [0, 0.1) is 22.0 Å². The van der Waals surface area contributed by atoms with Gasteiger partial charge in [-0.15, -0.1) is 0 Å². The van der Waals surface area contributed by atoms with Crippen LogP contribution in [0.1, 0.15) is 57.8 Å². The van der Waals surface area contributed by atoms with E-state index in [2.05, 4.69) is 25.7 Å². The third-order valence-corrected chi connectivity index (χ3v) is 14.2. The Hall–Kier alpha value is -2.93. The van der Waals surface area contributed by atoms with Crippen molar-refractivity contribution in [3.05, 3.63) is 51.2 Å². The number of fused-ring (bicyclic) bond motifs is 1. The smallest absolute Gasteiger partial charge is 0.362 e. The first-order valence-electron chi connectivity index (χ1n) is 14.6. The summed E-state index contributed by atoms with van der Waals surface area (Å²) in [5.74, 6) is -2.68. The monoisotopic (exact) mass is 587 g/mol. The molecule has 0 unspecified atom stereocenters. The van der Waals surface area contributed by atoms with Gasteiger partial charge >= 0.3 is 11.9 Å². The van der Waals surface area contributed by atoms with Crippen LogP contribution in [0.3, 0.4) is 0 Å². The highest BCUT2D eigenvalue weighted by Gasteiger charge is 2.61. The first-order chi connectivity index (χ1) is 19.5. The minimum Gasteiger partial charge on any atom is -0.413 e. The van der Waals surface area contributed by atoms with Crippen molar-refractivity contribution in [2.75, 3.05) is 19.7 Å². The largest absolute Gasteiger partial charge is 0.413 e. The van der Waals surface area contributed by atoms with Crippen molar-refractivity contribution in [1.82, 2.24) is 9.80 Å². The van der Waals surface area contributed by atoms with Gasteiger partial charge in [-0.2, -0.15) is 0 Å². The predicted octanol–water partition coefficient (Wildman–Crippen LogP) is 3.88. The van der Waals surface area contributed by atoms with Gasteiger partial charge in [-0.3, -0.25) is 19.8 Å². The van der Waals surface area contributed by atoms with Crippen LogP contribution in [0.2, 0.25) is 18.1 Å². The molecule has 1 aromatic rings. The van der Waals surface area contributed by atoms with Crippen LogP contribution in [-0.4, -0.2) is 83.9 Å². The van der Waals surface area contributed by atoms with E-state index < -0.39 is 31.1 Å². The Morgan fingerprint density at radius 1 is 1.15 bits per heavy atom. The van der Waals surface area contributed by atoms with Crippen molar-refractivity contribution in [2.24, 2.45) is 11.8 Å². The molecule has 0 spiro atoms. The number of amides is 1. The number of hydrogen-bond acceptors (Lipinski definition) is 9. The number of nitro benzene ring substituents is 1. The van der Waals surface area contributed by atoms with E-state index in [1.165, 1.54) is 29.2 Å². The summed E-state index contributed by atoms with van der Waals surface area (Å²) in [6.07, 6.45) is 1.45. The fraction of sp³-hybridized carbons (Fsp3) is 0.621. The van der Waals surface area contributed by atoms with Gasteiger partial charge in [0.1, 0.15) is 5.70 Å². The van der Waals surface area contributed by atoms with Crippen LogP contribution in [0.5, 0.6) is 0 Å². The number of carbonyl (C=O) groups excluding carboxylic acids is 3. The van der Waals surface area contributed by atoms with E-state index in [1.807, 2.05) is 13.8 Å². The minimum absolute atomic E-state index is 0.00257. The van der Waals surface area contributed by atoms with Gasteiger partial charge in [0.25, 0.3) is 5.69 Å². The molecule has 11 nitrogen and oxygen atoms in total. The number of likely N-dealkylation sites (tertiary alicyclic amines) is 1. The molecule has 2 fully saturated rings. The number of esters is 2. The van der Waals surface area contributed by atoms with E-state index in [-0.39, 0.29) is 53.6 Å². The van der Waals surface area contributed by atoms with Crippen molar-refractivity contribution in [3.63, 3.8) is 0 Å². The maximum Gasteiger partial charge on any atom is 0.362 e. The summed E-state index contributed by atoms with van der Waals surface area (Å²) in [5.41, 5.74) is 0.595. The number of ether oxygens (including phenoxy) is 1. The molecule has 224 valence electrons. The second kappa shape index (κ2) is 12.5. The van der Waals surface area contributed by atoms with Gasteiger partial charge in [0.15, 0.2) is 8.32 Å². The second-order valence-corrected chi connectivity index (χ2v) is 16.1. The van der Waals surface area contributed by atoms with Crippen molar-refractivity contribution in [2.45, 2.75) is 83.8 Å². The molecule has 5 atom stereocenters. The lowest BCUT2D eigenvalue weighted by Crippen LogP contribution is -2.65. The van der Waals surface area contributed by atoms with E-state index in [0.29, 0.717) is 12.1 Å². The second-order valence-electron chi connectivity index (χ2n) is 11.4. The van der Waals surface area contributed by atoms with Gasteiger partial charge in [0.05, 0.1) is 35.2 Å². The predicted molar refractivity (Wildman–Crippen MR) is 153 cm³/mol. The summed E-state index contributed by atoms with van der Waals surface area (Å²) in [6.45, 7) is 11.5. The molecule has 1 amide bonds. The fourth-order valence-electron chi connectivity index (χ4n) is 6.74. The summed E-state index contributed by atoms with van der Waals surface area (Å²) in [4.78, 5) is 54.1. The van der Waals surface area contributed by atoms with E-state index in [0.717, 1.165) is 37.5 Å². The molecular weight excluding hydrogens is 546 g/mol. The van der Waals surface area contributed by atoms with Crippen molar-refractivity contribution in [3.8, 4) is 0 Å². The van der Waals surface area contributed by atoms with Gasteiger partial charge in [-0.1, -0.05) is 27.7 Å². The third kappa shape index (κ3) is 5.75. The third-order valence-electron chi connectivity index (χ3n) is 9.45. The number of aliphatic hydroxyl groups is 1. The number of β-lactam (4-membered cyclic amide) rings is 1. The molecule has 0 radical (unpaired) electrons. The Labute approximate surface area is 241 Å². The lowest BCUT2D eigenvalue weighted by atomic mass is 9.77. The number of carbonyl (C=O) groups is 3. The Bertz CT molecular complexity index is 1210. The van der Waals surface area contributed by atoms with Gasteiger partial charge in [-0.25, -0.2) is 9.59 Å². The Morgan fingerprint density at radius 2 is 1.78 bits per heavy atom. The number of benzene rings is 1. The quantitative estimate of drug-likeness (QED) is 0.0964. The van der Waals surface area contributed by atoms with Crippen LogP contribution in [0.15, 0.2) is 35.5 Å². The zero-order chi connectivity index (χ0) is 30.1. The highest BCUT2D eigenvalue weighted by atomic mass is 28.4. The van der Waals surface area contributed by atoms with Gasteiger partial charge < -0.3 is 19.2 Å². The molecule has 0 saturated carbocycles. The summed E-state index contributed by atoms with van der Waals surface area (Å²) in [5, 5.41) is 20.8. The van der Waals surface area contributed by atoms with Gasteiger partial charge in [-0.05, 0) is 62.1 Å². The van der Waals surface area contributed by atoms with Crippen LogP contribution in [0.4, 0.5) is 5.69 Å². The maximum atomic E-state index is 13.7. The Kier molecular flexibility index (Phi) is 9.47. The Balaban J connectivity index is 1.61. The molecule has 4 rings (SSSR count). The average Bonchev–Trinajstić information content (AvgIpc) is 3.52. The number of rotatable bonds is 12. The average molecular weight is 588 g/mol. The van der Waals surface area contributed by atoms with E-state index >= 15 is 0 Å². The molecule has 3 heterocycles. The number of hydrogen-bond donors (Lipinski definition) is 1. The van der Waals surface area contributed by atoms with Crippen LogP contribution in [-0.2, 0) is 18.8 Å².